The summed E-state index contributed by atoms with van der Waals surface area (Å²) in [5.41, 5.74) is 5.13. The molecular weight excluding hydrogens is 408 g/mol. The molecular formula is C28H24N4O. The average Bonchev–Trinajstić information content (AvgIpc) is 3.53. The Morgan fingerprint density at radius 2 is 1.91 bits per heavy atom. The van der Waals surface area contributed by atoms with Gasteiger partial charge < -0.3 is 5.32 Å². The second kappa shape index (κ2) is 8.84. The van der Waals surface area contributed by atoms with Crippen molar-refractivity contribution >= 4 is 18.1 Å². The van der Waals surface area contributed by atoms with E-state index in [0.717, 1.165) is 60.2 Å². The van der Waals surface area contributed by atoms with Crippen molar-refractivity contribution in [1.29, 1.82) is 5.26 Å². The Bertz CT molecular complexity index is 1290. The van der Waals surface area contributed by atoms with Crippen molar-refractivity contribution in [3.63, 3.8) is 0 Å². The van der Waals surface area contributed by atoms with E-state index in [-0.39, 0.29) is 11.5 Å². The number of carbonyl (C=O) groups excluding carboxylic acids is 1. The maximum atomic E-state index is 13.1. The van der Waals surface area contributed by atoms with E-state index in [1.54, 1.807) is 12.1 Å². The molecule has 0 bridgehead atoms. The minimum Gasteiger partial charge on any atom is -0.342 e. The summed E-state index contributed by atoms with van der Waals surface area (Å²) in [5, 5.41) is 12.9. The highest BCUT2D eigenvalue weighted by Crippen LogP contribution is 2.39. The third kappa shape index (κ3) is 4.20. The summed E-state index contributed by atoms with van der Waals surface area (Å²) in [6.07, 6.45) is 12.2. The molecule has 2 aliphatic carbocycles. The Kier molecular flexibility index (Phi) is 5.58. The van der Waals surface area contributed by atoms with Crippen LogP contribution in [0.1, 0.15) is 48.2 Å². The molecule has 1 fully saturated rings. The van der Waals surface area contributed by atoms with Crippen LogP contribution in [-0.4, -0.2) is 15.9 Å². The van der Waals surface area contributed by atoms with E-state index in [9.17, 15) is 10.1 Å². The lowest BCUT2D eigenvalue weighted by Crippen LogP contribution is -2.44. The highest BCUT2D eigenvalue weighted by Gasteiger charge is 2.37. The van der Waals surface area contributed by atoms with Crippen LogP contribution < -0.4 is 5.32 Å². The fraction of sp³-hybridized carbons (Fsp3) is 0.214. The Balaban J connectivity index is 1.41. The molecule has 3 aromatic rings. The van der Waals surface area contributed by atoms with Crippen LogP contribution in [0, 0.1) is 11.3 Å². The van der Waals surface area contributed by atoms with Gasteiger partial charge in [-0.25, -0.2) is 4.98 Å². The lowest BCUT2D eigenvalue weighted by molar-refractivity contribution is -0.119. The van der Waals surface area contributed by atoms with Crippen LogP contribution in [0.4, 0.5) is 0 Å². The highest BCUT2D eigenvalue weighted by molar-refractivity contribution is 6.02. The quantitative estimate of drug-likeness (QED) is 0.444. The molecule has 1 aromatic carbocycles. The lowest BCUT2D eigenvalue weighted by atomic mass is 9.88. The first-order valence-electron chi connectivity index (χ1n) is 11.3. The first kappa shape index (κ1) is 20.8. The van der Waals surface area contributed by atoms with Crippen LogP contribution in [0.15, 0.2) is 72.4 Å². The second-order valence-corrected chi connectivity index (χ2v) is 8.59. The zero-order valence-corrected chi connectivity index (χ0v) is 18.3. The smallest absolute Gasteiger partial charge is 0.262 e. The van der Waals surface area contributed by atoms with E-state index in [1.165, 1.54) is 0 Å². The molecule has 33 heavy (non-hydrogen) atoms. The van der Waals surface area contributed by atoms with Crippen molar-refractivity contribution < 1.29 is 4.79 Å². The Morgan fingerprint density at radius 1 is 1.09 bits per heavy atom. The van der Waals surface area contributed by atoms with E-state index in [4.69, 9.17) is 0 Å². The van der Waals surface area contributed by atoms with E-state index >= 15 is 0 Å². The summed E-state index contributed by atoms with van der Waals surface area (Å²) in [5.74, 6) is -0.361. The van der Waals surface area contributed by atoms with E-state index < -0.39 is 5.54 Å². The van der Waals surface area contributed by atoms with Gasteiger partial charge in [-0.1, -0.05) is 61.4 Å². The molecule has 0 spiro atoms. The number of rotatable bonds is 5. The van der Waals surface area contributed by atoms with Gasteiger partial charge in [-0.3, -0.25) is 9.78 Å². The number of nitriles is 1. The third-order valence-electron chi connectivity index (χ3n) is 6.47. The van der Waals surface area contributed by atoms with Gasteiger partial charge in [0.05, 0.1) is 22.6 Å². The van der Waals surface area contributed by atoms with Crippen molar-refractivity contribution in [2.45, 2.75) is 37.6 Å². The number of hydrogen-bond acceptors (Lipinski definition) is 4. The zero-order valence-electron chi connectivity index (χ0n) is 18.3. The van der Waals surface area contributed by atoms with Crippen molar-refractivity contribution in [2.24, 2.45) is 0 Å². The van der Waals surface area contributed by atoms with Gasteiger partial charge in [-0.2, -0.15) is 5.26 Å². The van der Waals surface area contributed by atoms with Crippen molar-refractivity contribution in [3.05, 3.63) is 95.0 Å². The Labute approximate surface area is 193 Å². The Hall–Kier alpha value is -4.04. The molecule has 5 nitrogen and oxygen atoms in total. The van der Waals surface area contributed by atoms with Crippen LogP contribution in [0.25, 0.3) is 23.4 Å². The maximum Gasteiger partial charge on any atom is 0.262 e. The van der Waals surface area contributed by atoms with Crippen LogP contribution in [-0.2, 0) is 16.8 Å². The van der Waals surface area contributed by atoms with Gasteiger partial charge in [0.2, 0.25) is 0 Å². The monoisotopic (exact) mass is 432 g/mol. The number of allylic oxidation sites excluding steroid dienone is 1. The summed E-state index contributed by atoms with van der Waals surface area (Å²) in [6.45, 7) is 0. The predicted molar refractivity (Wildman–Crippen MR) is 129 cm³/mol. The number of benzene rings is 1. The number of nitrogens with zero attached hydrogens (tertiary/aromatic N) is 3. The normalized spacial score (nSPS) is 16.3. The van der Waals surface area contributed by atoms with Gasteiger partial charge >= 0.3 is 0 Å². The first-order valence-corrected chi connectivity index (χ1v) is 11.3. The molecule has 2 aromatic heterocycles. The van der Waals surface area contributed by atoms with Crippen molar-refractivity contribution in [3.8, 4) is 17.3 Å². The van der Waals surface area contributed by atoms with E-state index in [0.29, 0.717) is 5.69 Å². The number of nitrogens with one attached hydrogen (secondary N) is 1. The second-order valence-electron chi connectivity index (χ2n) is 8.59. The van der Waals surface area contributed by atoms with Gasteiger partial charge in [0.25, 0.3) is 5.91 Å². The minimum absolute atomic E-state index is 0.0527. The summed E-state index contributed by atoms with van der Waals surface area (Å²) >= 11 is 0. The molecule has 162 valence electrons. The fourth-order valence-corrected chi connectivity index (χ4v) is 4.76. The highest BCUT2D eigenvalue weighted by atomic mass is 16.1. The number of fused-ring (bicyclic) bond motifs is 1. The number of amides is 1. The summed E-state index contributed by atoms with van der Waals surface area (Å²) < 4.78 is 0. The number of carbonyl (C=O) groups is 1. The molecule has 0 radical (unpaired) electrons. The predicted octanol–water partition coefficient (Wildman–Crippen LogP) is 5.21. The number of hydrogen-bond donors (Lipinski definition) is 1. The largest absolute Gasteiger partial charge is 0.342 e. The van der Waals surface area contributed by atoms with Crippen LogP contribution in [0.2, 0.25) is 0 Å². The van der Waals surface area contributed by atoms with Crippen molar-refractivity contribution in [2.75, 3.05) is 0 Å². The molecule has 0 saturated heterocycles. The molecule has 1 amide bonds. The third-order valence-corrected chi connectivity index (χ3v) is 6.47. The van der Waals surface area contributed by atoms with Crippen molar-refractivity contribution in [1.82, 2.24) is 15.3 Å². The lowest BCUT2D eigenvalue weighted by Gasteiger charge is -2.31. The summed E-state index contributed by atoms with van der Waals surface area (Å²) in [4.78, 5) is 22.4. The molecule has 1 saturated carbocycles. The van der Waals surface area contributed by atoms with Gasteiger partial charge in [0.1, 0.15) is 11.6 Å². The van der Waals surface area contributed by atoms with E-state index in [2.05, 4.69) is 39.6 Å². The topological polar surface area (TPSA) is 78.7 Å². The molecule has 2 aliphatic rings. The fourth-order valence-electron chi connectivity index (χ4n) is 4.76. The Morgan fingerprint density at radius 3 is 2.70 bits per heavy atom. The molecule has 0 atom stereocenters. The SMILES string of the molecule is N#C/C(=C\c1cccc(-c2cnc3c(c2)C=CC3)n1)C(=O)NC1(c2ccccc2)CCCC1. The van der Waals surface area contributed by atoms with E-state index in [1.807, 2.05) is 48.7 Å². The average molecular weight is 433 g/mol. The van der Waals surface area contributed by atoms with Crippen LogP contribution in [0.5, 0.6) is 0 Å². The molecule has 0 aliphatic heterocycles. The van der Waals surface area contributed by atoms with Gasteiger partial charge in [-0.05, 0) is 48.2 Å². The standard InChI is InChI=1S/C28H24N4O/c29-18-21(27(33)32-28(14-4-5-15-28)23-9-2-1-3-10-23)17-24-11-7-13-26(31-24)22-16-20-8-6-12-25(20)30-19-22/h1-3,6-11,13,16-17,19H,4-5,12,14-15H2,(H,32,33)/b21-17+. The summed E-state index contributed by atoms with van der Waals surface area (Å²) in [7, 11) is 0. The zero-order chi connectivity index (χ0) is 22.7. The number of pyridine rings is 2. The minimum atomic E-state index is -0.423. The number of aromatic nitrogens is 2. The maximum absolute atomic E-state index is 13.1. The van der Waals surface area contributed by atoms with Gasteiger partial charge in [0, 0.05) is 18.2 Å². The molecule has 5 heteroatoms. The summed E-state index contributed by atoms with van der Waals surface area (Å²) in [6, 6.07) is 19.8. The van der Waals surface area contributed by atoms with Gasteiger partial charge in [0.15, 0.2) is 0 Å². The molecule has 5 rings (SSSR count). The molecule has 2 heterocycles. The van der Waals surface area contributed by atoms with Crippen LogP contribution >= 0.6 is 0 Å². The van der Waals surface area contributed by atoms with Crippen LogP contribution in [0.3, 0.4) is 0 Å². The first-order chi connectivity index (χ1) is 16.2. The van der Waals surface area contributed by atoms with Gasteiger partial charge in [-0.15, -0.1) is 0 Å². The molecule has 1 N–H and O–H groups in total. The molecule has 0 unspecified atom stereocenters.